The molecule has 0 fully saturated rings. The van der Waals surface area contributed by atoms with Gasteiger partial charge in [-0.2, -0.15) is 0 Å². The van der Waals surface area contributed by atoms with E-state index in [1.807, 2.05) is 0 Å². The molecule has 0 unspecified atom stereocenters. The van der Waals surface area contributed by atoms with Crippen molar-refractivity contribution in [2.75, 3.05) is 6.61 Å². The summed E-state index contributed by atoms with van der Waals surface area (Å²) >= 11 is 0. The van der Waals surface area contributed by atoms with E-state index < -0.39 is 12.0 Å². The van der Waals surface area contributed by atoms with Gasteiger partial charge in [-0.3, -0.25) is 9.59 Å². The summed E-state index contributed by atoms with van der Waals surface area (Å²) < 4.78 is 5.06. The van der Waals surface area contributed by atoms with Crippen molar-refractivity contribution in [2.24, 2.45) is 5.73 Å². The van der Waals surface area contributed by atoms with Crippen molar-refractivity contribution in [3.05, 3.63) is 0 Å². The van der Waals surface area contributed by atoms with Gasteiger partial charge in [0.2, 0.25) is 0 Å². The Balaban J connectivity index is 3.25. The average Bonchev–Trinajstić information content (AvgIpc) is 2.50. The van der Waals surface area contributed by atoms with Crippen molar-refractivity contribution >= 4 is 11.9 Å². The predicted molar refractivity (Wildman–Crippen MR) is 87.6 cm³/mol. The van der Waals surface area contributed by atoms with Crippen LogP contribution in [0.1, 0.15) is 84.0 Å². The minimum atomic E-state index is -1.08. The minimum absolute atomic E-state index is 0.0746. The average molecular weight is 315 g/mol. The highest BCUT2D eigenvalue weighted by Crippen LogP contribution is 2.10. The quantitative estimate of drug-likeness (QED) is 0.356. The molecule has 0 aliphatic carbocycles. The third-order valence-electron chi connectivity index (χ3n) is 3.74. The van der Waals surface area contributed by atoms with E-state index in [4.69, 9.17) is 15.6 Å². The minimum Gasteiger partial charge on any atom is -0.480 e. The predicted octanol–water partition coefficient (Wildman–Crippen LogP) is 3.64. The fraction of sp³-hybridized carbons (Fsp3) is 0.882. The molecular weight excluding hydrogens is 282 g/mol. The topological polar surface area (TPSA) is 89.6 Å². The first kappa shape index (κ1) is 20.9. The van der Waals surface area contributed by atoms with Gasteiger partial charge in [0.1, 0.15) is 6.04 Å². The molecule has 3 N–H and O–H groups in total. The molecule has 0 spiro atoms. The van der Waals surface area contributed by atoms with Crippen molar-refractivity contribution in [3.63, 3.8) is 0 Å². The zero-order valence-electron chi connectivity index (χ0n) is 14.0. The Hall–Kier alpha value is -1.10. The second-order valence-corrected chi connectivity index (χ2v) is 5.89. The Labute approximate surface area is 134 Å². The molecule has 0 aromatic carbocycles. The Bertz CT molecular complexity index is 294. The van der Waals surface area contributed by atoms with E-state index in [9.17, 15) is 9.59 Å². The van der Waals surface area contributed by atoms with Crippen LogP contribution in [0.25, 0.3) is 0 Å². The molecule has 0 aromatic heterocycles. The number of rotatable bonds is 15. The van der Waals surface area contributed by atoms with Gasteiger partial charge in [-0.1, -0.05) is 64.7 Å². The molecule has 0 amide bonds. The van der Waals surface area contributed by atoms with Crippen LogP contribution in [0.15, 0.2) is 0 Å². The normalized spacial score (nSPS) is 12.1. The Morgan fingerprint density at radius 3 is 1.95 bits per heavy atom. The Morgan fingerprint density at radius 2 is 1.45 bits per heavy atom. The molecule has 0 aliphatic rings. The van der Waals surface area contributed by atoms with Gasteiger partial charge >= 0.3 is 11.9 Å². The monoisotopic (exact) mass is 315 g/mol. The molecule has 22 heavy (non-hydrogen) atoms. The largest absolute Gasteiger partial charge is 0.480 e. The van der Waals surface area contributed by atoms with Crippen molar-refractivity contribution in [1.29, 1.82) is 0 Å². The maximum atomic E-state index is 11.4. The summed E-state index contributed by atoms with van der Waals surface area (Å²) in [5.74, 6) is -1.44. The van der Waals surface area contributed by atoms with E-state index >= 15 is 0 Å². The first-order valence-electron chi connectivity index (χ1n) is 8.72. The molecule has 0 saturated carbocycles. The van der Waals surface area contributed by atoms with Gasteiger partial charge < -0.3 is 15.6 Å². The van der Waals surface area contributed by atoms with Crippen molar-refractivity contribution in [3.8, 4) is 0 Å². The summed E-state index contributed by atoms with van der Waals surface area (Å²) in [6, 6.07) is -0.982. The molecule has 130 valence electrons. The second-order valence-electron chi connectivity index (χ2n) is 5.89. The lowest BCUT2D eigenvalue weighted by molar-refractivity contribution is -0.144. The van der Waals surface area contributed by atoms with Crippen LogP contribution in [0.3, 0.4) is 0 Å². The number of nitrogens with two attached hydrogens (primary N) is 1. The van der Waals surface area contributed by atoms with E-state index in [1.165, 1.54) is 51.4 Å². The van der Waals surface area contributed by atoms with E-state index in [-0.39, 0.29) is 18.8 Å². The standard InChI is InChI=1S/C17H33NO4/c1-2-3-4-5-6-7-8-9-10-11-14-22-16(19)13-12-15(18)17(20)21/h15H,2-14,18H2,1H3,(H,20,21)/t15-/m0/s1. The summed E-state index contributed by atoms with van der Waals surface area (Å²) in [4.78, 5) is 21.9. The highest BCUT2D eigenvalue weighted by atomic mass is 16.5. The van der Waals surface area contributed by atoms with Gasteiger partial charge in [0.05, 0.1) is 6.61 Å². The third-order valence-corrected chi connectivity index (χ3v) is 3.74. The SMILES string of the molecule is CCCCCCCCCCCCOC(=O)CC[C@H](N)C(=O)O. The smallest absolute Gasteiger partial charge is 0.320 e. The first-order chi connectivity index (χ1) is 10.6. The number of carboxylic acid groups (broad SMARTS) is 1. The molecule has 0 rings (SSSR count). The van der Waals surface area contributed by atoms with Gasteiger partial charge in [0.25, 0.3) is 0 Å². The van der Waals surface area contributed by atoms with Gasteiger partial charge in [0.15, 0.2) is 0 Å². The Kier molecular flexibility index (Phi) is 14.1. The Morgan fingerprint density at radius 1 is 0.955 bits per heavy atom. The maximum Gasteiger partial charge on any atom is 0.320 e. The molecule has 0 bridgehead atoms. The number of aliphatic carboxylic acids is 1. The fourth-order valence-corrected chi connectivity index (χ4v) is 2.24. The number of hydrogen-bond donors (Lipinski definition) is 2. The molecule has 1 atom stereocenters. The van der Waals surface area contributed by atoms with Gasteiger partial charge in [-0.25, -0.2) is 0 Å². The zero-order valence-corrected chi connectivity index (χ0v) is 14.0. The molecule has 0 heterocycles. The summed E-state index contributed by atoms with van der Waals surface area (Å²) in [5, 5.41) is 8.59. The lowest BCUT2D eigenvalue weighted by Crippen LogP contribution is -2.30. The first-order valence-corrected chi connectivity index (χ1v) is 8.72. The van der Waals surface area contributed by atoms with E-state index in [0.717, 1.165) is 12.8 Å². The number of esters is 1. The summed E-state index contributed by atoms with van der Waals surface area (Å²) in [5.41, 5.74) is 5.32. The van der Waals surface area contributed by atoms with Crippen LogP contribution in [0.2, 0.25) is 0 Å². The molecule has 0 aliphatic heterocycles. The molecular formula is C17H33NO4. The van der Waals surface area contributed by atoms with Crippen molar-refractivity contribution in [2.45, 2.75) is 90.0 Å². The number of ether oxygens (including phenoxy) is 1. The summed E-state index contributed by atoms with van der Waals surface area (Å²) in [6.07, 6.45) is 12.6. The van der Waals surface area contributed by atoms with Crippen LogP contribution >= 0.6 is 0 Å². The van der Waals surface area contributed by atoms with Crippen LogP contribution in [-0.4, -0.2) is 29.7 Å². The summed E-state index contributed by atoms with van der Waals surface area (Å²) in [7, 11) is 0. The van der Waals surface area contributed by atoms with Gasteiger partial charge in [-0.05, 0) is 12.8 Å². The van der Waals surface area contributed by atoms with Gasteiger partial charge in [0, 0.05) is 6.42 Å². The van der Waals surface area contributed by atoms with Crippen molar-refractivity contribution in [1.82, 2.24) is 0 Å². The number of carboxylic acids is 1. The molecule has 5 nitrogen and oxygen atoms in total. The number of unbranched alkanes of at least 4 members (excludes halogenated alkanes) is 9. The van der Waals surface area contributed by atoms with E-state index in [1.54, 1.807) is 0 Å². The fourth-order valence-electron chi connectivity index (χ4n) is 2.24. The van der Waals surface area contributed by atoms with Crippen LogP contribution in [-0.2, 0) is 14.3 Å². The van der Waals surface area contributed by atoms with E-state index in [2.05, 4.69) is 6.92 Å². The molecule has 0 saturated heterocycles. The maximum absolute atomic E-state index is 11.4. The second kappa shape index (κ2) is 14.8. The molecule has 5 heteroatoms. The van der Waals surface area contributed by atoms with Crippen LogP contribution in [0.4, 0.5) is 0 Å². The highest BCUT2D eigenvalue weighted by Gasteiger charge is 2.13. The lowest BCUT2D eigenvalue weighted by Gasteiger charge is -2.07. The lowest BCUT2D eigenvalue weighted by atomic mass is 10.1. The number of carbonyl (C=O) groups excluding carboxylic acids is 1. The number of hydrogen-bond acceptors (Lipinski definition) is 4. The summed E-state index contributed by atoms with van der Waals surface area (Å²) in [6.45, 7) is 2.66. The van der Waals surface area contributed by atoms with Crippen LogP contribution < -0.4 is 5.73 Å². The van der Waals surface area contributed by atoms with Gasteiger partial charge in [-0.15, -0.1) is 0 Å². The third kappa shape index (κ3) is 13.9. The zero-order chi connectivity index (χ0) is 16.6. The van der Waals surface area contributed by atoms with Crippen LogP contribution in [0, 0.1) is 0 Å². The van der Waals surface area contributed by atoms with Crippen LogP contribution in [0.5, 0.6) is 0 Å². The molecule has 0 radical (unpaired) electrons. The highest BCUT2D eigenvalue weighted by molar-refractivity contribution is 5.75. The number of carbonyl (C=O) groups is 2. The molecule has 0 aromatic rings. The van der Waals surface area contributed by atoms with E-state index in [0.29, 0.717) is 6.61 Å². The van der Waals surface area contributed by atoms with Crippen molar-refractivity contribution < 1.29 is 19.4 Å².